The lowest BCUT2D eigenvalue weighted by Gasteiger charge is -2.20. The number of benzene rings is 1. The molecule has 0 aliphatic carbocycles. The number of anilines is 2. The van der Waals surface area contributed by atoms with Crippen LogP contribution in [0.4, 0.5) is 11.5 Å². The molecule has 0 aliphatic rings. The molecule has 0 fully saturated rings. The highest BCUT2D eigenvalue weighted by atomic mass is 15.3. The summed E-state index contributed by atoms with van der Waals surface area (Å²) in [6, 6.07) is 8.30. The van der Waals surface area contributed by atoms with Crippen molar-refractivity contribution in [3.8, 4) is 0 Å². The number of hydrazone groups is 1. The maximum atomic E-state index is 4.23. The molecule has 7 nitrogen and oxygen atoms in total. The number of H-pyrrole nitrogens is 1. The number of rotatable bonds is 6. The lowest BCUT2D eigenvalue weighted by Crippen LogP contribution is -2.21. The Morgan fingerprint density at radius 2 is 1.91 bits per heavy atom. The molecule has 3 rings (SSSR count). The Labute approximate surface area is 134 Å². The van der Waals surface area contributed by atoms with Gasteiger partial charge in [-0.3, -0.25) is 5.43 Å². The Morgan fingerprint density at radius 1 is 1.13 bits per heavy atom. The van der Waals surface area contributed by atoms with Crippen molar-refractivity contribution in [2.45, 2.75) is 13.8 Å². The zero-order valence-corrected chi connectivity index (χ0v) is 13.2. The van der Waals surface area contributed by atoms with Gasteiger partial charge in [-0.05, 0) is 31.5 Å². The maximum Gasteiger partial charge on any atom is 0.182 e. The van der Waals surface area contributed by atoms with Gasteiger partial charge in [-0.25, -0.2) is 15.0 Å². The van der Waals surface area contributed by atoms with Crippen LogP contribution in [-0.4, -0.2) is 39.2 Å². The van der Waals surface area contributed by atoms with Gasteiger partial charge in [-0.2, -0.15) is 5.10 Å². The van der Waals surface area contributed by atoms with E-state index in [0.29, 0.717) is 11.5 Å². The molecule has 2 heterocycles. The third kappa shape index (κ3) is 3.28. The van der Waals surface area contributed by atoms with Gasteiger partial charge in [0, 0.05) is 18.8 Å². The predicted octanol–water partition coefficient (Wildman–Crippen LogP) is 2.65. The minimum atomic E-state index is 0.600. The zero-order valence-electron chi connectivity index (χ0n) is 13.2. The van der Waals surface area contributed by atoms with Crippen molar-refractivity contribution in [3.05, 3.63) is 42.5 Å². The Bertz CT molecular complexity index is 788. The molecule has 0 atom stereocenters. The first-order chi connectivity index (χ1) is 11.3. The summed E-state index contributed by atoms with van der Waals surface area (Å²) in [7, 11) is 0. The SMILES string of the molecule is CCN(CC)c1ccc(/C=N\Nc2ncnc3nc[nH]c23)cc1. The van der Waals surface area contributed by atoms with Crippen molar-refractivity contribution >= 4 is 28.9 Å². The second-order valence-electron chi connectivity index (χ2n) is 4.96. The van der Waals surface area contributed by atoms with Crippen LogP contribution in [-0.2, 0) is 0 Å². The average Bonchev–Trinajstić information content (AvgIpc) is 3.07. The van der Waals surface area contributed by atoms with Crippen LogP contribution in [0.2, 0.25) is 0 Å². The molecule has 2 N–H and O–H groups in total. The van der Waals surface area contributed by atoms with Gasteiger partial charge >= 0.3 is 0 Å². The van der Waals surface area contributed by atoms with E-state index in [9.17, 15) is 0 Å². The lowest BCUT2D eigenvalue weighted by molar-refractivity contribution is 0.866. The standard InChI is InChI=1S/C16H19N7/c1-3-23(4-2)13-7-5-12(6-8-13)9-21-22-16-14-15(18-10-17-14)19-11-20-16/h5-11H,3-4H2,1-2H3,(H2,17,18,19,20,22)/b21-9-. The second kappa shape index (κ2) is 6.87. The molecule has 1 aromatic carbocycles. The van der Waals surface area contributed by atoms with Crippen molar-refractivity contribution in [1.82, 2.24) is 19.9 Å². The summed E-state index contributed by atoms with van der Waals surface area (Å²) >= 11 is 0. The first-order valence-electron chi connectivity index (χ1n) is 7.60. The first kappa shape index (κ1) is 15.0. The Kier molecular flexibility index (Phi) is 4.46. The van der Waals surface area contributed by atoms with E-state index in [0.717, 1.165) is 24.2 Å². The first-order valence-corrected chi connectivity index (χ1v) is 7.60. The number of nitrogens with zero attached hydrogens (tertiary/aromatic N) is 5. The van der Waals surface area contributed by atoms with E-state index >= 15 is 0 Å². The van der Waals surface area contributed by atoms with E-state index in [-0.39, 0.29) is 0 Å². The summed E-state index contributed by atoms with van der Waals surface area (Å²) in [5.74, 6) is 0.600. The number of imidazole rings is 1. The largest absolute Gasteiger partial charge is 0.372 e. The average molecular weight is 309 g/mol. The molecule has 0 unspecified atom stereocenters. The van der Waals surface area contributed by atoms with Gasteiger partial charge in [0.1, 0.15) is 11.8 Å². The molecule has 23 heavy (non-hydrogen) atoms. The highest BCUT2D eigenvalue weighted by Crippen LogP contribution is 2.15. The van der Waals surface area contributed by atoms with Crippen LogP contribution in [0, 0.1) is 0 Å². The fourth-order valence-electron chi connectivity index (χ4n) is 2.38. The molecule has 7 heteroatoms. The monoisotopic (exact) mass is 309 g/mol. The predicted molar refractivity (Wildman–Crippen MR) is 92.9 cm³/mol. The number of aromatic amines is 1. The van der Waals surface area contributed by atoms with E-state index in [4.69, 9.17) is 0 Å². The molecule has 0 saturated heterocycles. The number of fused-ring (bicyclic) bond motifs is 1. The molecule has 0 saturated carbocycles. The van der Waals surface area contributed by atoms with Crippen LogP contribution < -0.4 is 10.3 Å². The fraction of sp³-hybridized carbons (Fsp3) is 0.250. The minimum Gasteiger partial charge on any atom is -0.372 e. The summed E-state index contributed by atoms with van der Waals surface area (Å²) in [6.45, 7) is 6.31. The van der Waals surface area contributed by atoms with Gasteiger partial charge in [-0.15, -0.1) is 0 Å². The van der Waals surface area contributed by atoms with Crippen LogP contribution in [0.5, 0.6) is 0 Å². The number of nitrogens with one attached hydrogen (secondary N) is 2. The fourth-order valence-corrected chi connectivity index (χ4v) is 2.38. The van der Waals surface area contributed by atoms with Crippen LogP contribution in [0.1, 0.15) is 19.4 Å². The molecule has 3 aromatic rings. The van der Waals surface area contributed by atoms with Gasteiger partial charge in [0.15, 0.2) is 11.5 Å². The molecule has 0 bridgehead atoms. The normalized spacial score (nSPS) is 11.2. The summed E-state index contributed by atoms with van der Waals surface area (Å²) in [6.07, 6.45) is 4.80. The van der Waals surface area contributed by atoms with Crippen molar-refractivity contribution in [1.29, 1.82) is 0 Å². The van der Waals surface area contributed by atoms with E-state index < -0.39 is 0 Å². The minimum absolute atomic E-state index is 0.600. The maximum absolute atomic E-state index is 4.23. The summed E-state index contributed by atoms with van der Waals surface area (Å²) < 4.78 is 0. The summed E-state index contributed by atoms with van der Waals surface area (Å²) in [4.78, 5) is 17.6. The summed E-state index contributed by atoms with van der Waals surface area (Å²) in [5, 5.41) is 4.23. The van der Waals surface area contributed by atoms with Gasteiger partial charge in [0.2, 0.25) is 0 Å². The molecule has 0 radical (unpaired) electrons. The number of aromatic nitrogens is 4. The molecule has 118 valence electrons. The molecular formula is C16H19N7. The quantitative estimate of drug-likeness (QED) is 0.540. The van der Waals surface area contributed by atoms with Crippen LogP contribution >= 0.6 is 0 Å². The Morgan fingerprint density at radius 3 is 2.65 bits per heavy atom. The number of hydrogen-bond acceptors (Lipinski definition) is 6. The third-order valence-corrected chi connectivity index (χ3v) is 3.63. The Balaban J connectivity index is 1.69. The van der Waals surface area contributed by atoms with Crippen molar-refractivity contribution in [2.24, 2.45) is 5.10 Å². The molecule has 2 aromatic heterocycles. The highest BCUT2D eigenvalue weighted by molar-refractivity contribution is 5.84. The summed E-state index contributed by atoms with van der Waals surface area (Å²) in [5.41, 5.74) is 6.50. The van der Waals surface area contributed by atoms with E-state index in [1.54, 1.807) is 12.5 Å². The van der Waals surface area contributed by atoms with Gasteiger partial charge in [-0.1, -0.05) is 12.1 Å². The smallest absolute Gasteiger partial charge is 0.182 e. The highest BCUT2D eigenvalue weighted by Gasteiger charge is 2.04. The third-order valence-electron chi connectivity index (χ3n) is 3.63. The Hall–Kier alpha value is -2.96. The van der Waals surface area contributed by atoms with Crippen molar-refractivity contribution in [2.75, 3.05) is 23.4 Å². The van der Waals surface area contributed by atoms with Crippen LogP contribution in [0.15, 0.2) is 42.0 Å². The number of hydrogen-bond donors (Lipinski definition) is 2. The molecular weight excluding hydrogens is 290 g/mol. The zero-order chi connectivity index (χ0) is 16.1. The van der Waals surface area contributed by atoms with E-state index in [1.807, 2.05) is 12.1 Å². The lowest BCUT2D eigenvalue weighted by atomic mass is 10.2. The van der Waals surface area contributed by atoms with Crippen LogP contribution in [0.3, 0.4) is 0 Å². The van der Waals surface area contributed by atoms with Gasteiger partial charge in [0.05, 0.1) is 12.5 Å². The van der Waals surface area contributed by atoms with Gasteiger partial charge in [0.25, 0.3) is 0 Å². The van der Waals surface area contributed by atoms with Gasteiger partial charge < -0.3 is 9.88 Å². The van der Waals surface area contributed by atoms with E-state index in [2.05, 4.69) is 61.3 Å². The van der Waals surface area contributed by atoms with E-state index in [1.165, 1.54) is 12.0 Å². The van der Waals surface area contributed by atoms with Crippen LogP contribution in [0.25, 0.3) is 11.2 Å². The molecule has 0 amide bonds. The second-order valence-corrected chi connectivity index (χ2v) is 4.96. The molecule has 0 spiro atoms. The van der Waals surface area contributed by atoms with Crippen molar-refractivity contribution in [3.63, 3.8) is 0 Å². The topological polar surface area (TPSA) is 82.1 Å². The van der Waals surface area contributed by atoms with Crippen molar-refractivity contribution < 1.29 is 0 Å². The molecule has 0 aliphatic heterocycles.